The lowest BCUT2D eigenvalue weighted by atomic mass is 10.2. The predicted molar refractivity (Wildman–Crippen MR) is 97.9 cm³/mol. The number of alkyl halides is 3. The minimum atomic E-state index is -4.43. The van der Waals surface area contributed by atoms with Gasteiger partial charge in [-0.3, -0.25) is 5.43 Å². The van der Waals surface area contributed by atoms with Crippen LogP contribution in [-0.4, -0.2) is 23.4 Å². The monoisotopic (exact) mass is 408 g/mol. The number of hydrogen-bond acceptors (Lipinski definition) is 6. The minimum absolute atomic E-state index is 0.113. The van der Waals surface area contributed by atoms with Crippen molar-refractivity contribution in [2.75, 3.05) is 5.01 Å². The van der Waals surface area contributed by atoms with E-state index in [0.29, 0.717) is 5.01 Å². The number of ether oxygens (including phenoxy) is 2. The van der Waals surface area contributed by atoms with E-state index < -0.39 is 35.1 Å². The molecule has 0 aliphatic heterocycles. The molecule has 28 heavy (non-hydrogen) atoms. The van der Waals surface area contributed by atoms with E-state index in [2.05, 4.69) is 0 Å². The number of nitrogens with two attached hydrogens (primary N) is 2. The molecule has 0 spiro atoms. The maximum atomic E-state index is 12.4. The number of carbonyl (C=O) groups is 2. The molecular weight excluding hydrogens is 381 g/mol. The van der Waals surface area contributed by atoms with E-state index >= 15 is 0 Å². The van der Waals surface area contributed by atoms with Crippen LogP contribution >= 0.6 is 0 Å². The predicted octanol–water partition coefficient (Wildman–Crippen LogP) is 3.71. The number of nitrogens with zero attached hydrogens (tertiary/aromatic N) is 1. The number of hydrazine groups is 2. The molecule has 11 heteroatoms. The Labute approximate surface area is 161 Å². The van der Waals surface area contributed by atoms with Gasteiger partial charge in [-0.25, -0.2) is 26.3 Å². The van der Waals surface area contributed by atoms with Crippen molar-refractivity contribution in [3.63, 3.8) is 0 Å². The molecule has 0 unspecified atom stereocenters. The Kier molecular flexibility index (Phi) is 8.73. The number of carbonyl (C=O) groups excluding carboxylic acids is 2. The van der Waals surface area contributed by atoms with Gasteiger partial charge in [0.05, 0.1) is 11.3 Å². The van der Waals surface area contributed by atoms with Crippen molar-refractivity contribution in [1.82, 2.24) is 5.43 Å². The Bertz CT molecular complexity index is 650. The molecule has 5 N–H and O–H groups in total. The van der Waals surface area contributed by atoms with Crippen molar-refractivity contribution in [1.29, 1.82) is 0 Å². The van der Waals surface area contributed by atoms with E-state index in [1.54, 1.807) is 41.5 Å². The highest BCUT2D eigenvalue weighted by Gasteiger charge is 2.30. The molecule has 8 nitrogen and oxygen atoms in total. The largest absolute Gasteiger partial charge is 0.443 e. The summed E-state index contributed by atoms with van der Waals surface area (Å²) in [5.74, 6) is 10.2. The fourth-order valence-electron chi connectivity index (χ4n) is 1.54. The van der Waals surface area contributed by atoms with E-state index in [1.807, 2.05) is 5.43 Å². The lowest BCUT2D eigenvalue weighted by molar-refractivity contribution is -0.137. The molecule has 0 fully saturated rings. The number of anilines is 1. The number of nitrogens with one attached hydrogen (secondary N) is 1. The van der Waals surface area contributed by atoms with Gasteiger partial charge in [-0.05, 0) is 65.8 Å². The van der Waals surface area contributed by atoms with Gasteiger partial charge >= 0.3 is 18.4 Å². The first-order chi connectivity index (χ1) is 12.5. The van der Waals surface area contributed by atoms with Gasteiger partial charge in [-0.2, -0.15) is 13.2 Å². The highest BCUT2D eigenvalue weighted by atomic mass is 19.4. The molecule has 0 radical (unpaired) electrons. The lowest BCUT2D eigenvalue weighted by Gasteiger charge is -2.24. The minimum Gasteiger partial charge on any atom is -0.443 e. The summed E-state index contributed by atoms with van der Waals surface area (Å²) in [6.45, 7) is 10.3. The Balaban J connectivity index is 0.000000684. The average molecular weight is 408 g/mol. The summed E-state index contributed by atoms with van der Waals surface area (Å²) in [5.41, 5.74) is -0.0420. The van der Waals surface area contributed by atoms with Crippen LogP contribution in [0.25, 0.3) is 0 Å². The zero-order valence-electron chi connectivity index (χ0n) is 16.7. The second-order valence-corrected chi connectivity index (χ2v) is 7.54. The first-order valence-electron chi connectivity index (χ1n) is 8.11. The first kappa shape index (κ1) is 25.5. The third-order valence-electron chi connectivity index (χ3n) is 2.58. The maximum absolute atomic E-state index is 12.4. The summed E-state index contributed by atoms with van der Waals surface area (Å²) in [6.07, 6.45) is -5.88. The summed E-state index contributed by atoms with van der Waals surface area (Å²) < 4.78 is 46.8. The van der Waals surface area contributed by atoms with Gasteiger partial charge in [0.25, 0.3) is 0 Å². The van der Waals surface area contributed by atoms with Crippen molar-refractivity contribution in [3.05, 3.63) is 29.8 Å². The molecule has 0 saturated heterocycles. The molecule has 1 aromatic carbocycles. The molecule has 0 atom stereocenters. The van der Waals surface area contributed by atoms with E-state index in [0.717, 1.165) is 24.3 Å². The molecule has 0 aliphatic carbocycles. The number of amides is 2. The Morgan fingerprint density at radius 1 is 0.929 bits per heavy atom. The summed E-state index contributed by atoms with van der Waals surface area (Å²) in [4.78, 5) is 22.0. The quantitative estimate of drug-likeness (QED) is 0.370. The highest BCUT2D eigenvalue weighted by Crippen LogP contribution is 2.30. The van der Waals surface area contributed by atoms with E-state index in [1.165, 1.54) is 0 Å². The summed E-state index contributed by atoms with van der Waals surface area (Å²) in [6, 6.07) is 3.90. The van der Waals surface area contributed by atoms with Crippen LogP contribution in [0.4, 0.5) is 28.4 Å². The number of hydrogen-bond donors (Lipinski definition) is 3. The molecular formula is C17H27F3N4O4. The molecule has 1 aromatic rings. The van der Waals surface area contributed by atoms with Gasteiger partial charge in [-0.15, -0.1) is 0 Å². The van der Waals surface area contributed by atoms with Gasteiger partial charge in [0.1, 0.15) is 11.2 Å². The van der Waals surface area contributed by atoms with Crippen LogP contribution in [0.3, 0.4) is 0 Å². The first-order valence-corrected chi connectivity index (χ1v) is 8.11. The molecule has 0 heterocycles. The van der Waals surface area contributed by atoms with Crippen LogP contribution in [0.5, 0.6) is 0 Å². The van der Waals surface area contributed by atoms with Gasteiger partial charge < -0.3 is 9.47 Å². The normalized spacial score (nSPS) is 11.7. The van der Waals surface area contributed by atoms with Crippen LogP contribution in [0.1, 0.15) is 47.1 Å². The van der Waals surface area contributed by atoms with Crippen molar-refractivity contribution < 1.29 is 32.2 Å². The average Bonchev–Trinajstić information content (AvgIpc) is 2.50. The van der Waals surface area contributed by atoms with E-state index in [-0.39, 0.29) is 5.69 Å². The second kappa shape index (κ2) is 9.60. The summed E-state index contributed by atoms with van der Waals surface area (Å²) in [5, 5.41) is 0.658. The van der Waals surface area contributed by atoms with E-state index in [4.69, 9.17) is 21.2 Å². The highest BCUT2D eigenvalue weighted by molar-refractivity contribution is 5.86. The topological polar surface area (TPSA) is 120 Å². The zero-order valence-corrected chi connectivity index (χ0v) is 16.7. The van der Waals surface area contributed by atoms with Crippen molar-refractivity contribution in [2.45, 2.75) is 58.9 Å². The molecule has 0 saturated carbocycles. The fraction of sp³-hybridized carbons (Fsp3) is 0.529. The number of halogens is 3. The van der Waals surface area contributed by atoms with Crippen LogP contribution < -0.4 is 22.1 Å². The lowest BCUT2D eigenvalue weighted by Crippen LogP contribution is -2.41. The fourth-order valence-corrected chi connectivity index (χ4v) is 1.54. The number of rotatable bonds is 1. The molecule has 0 aliphatic rings. The van der Waals surface area contributed by atoms with Crippen LogP contribution in [0.2, 0.25) is 0 Å². The zero-order chi connectivity index (χ0) is 22.3. The third-order valence-corrected chi connectivity index (χ3v) is 2.58. The maximum Gasteiger partial charge on any atom is 0.429 e. The molecule has 160 valence electrons. The second-order valence-electron chi connectivity index (χ2n) is 7.54. The Hall–Kier alpha value is -2.53. The third kappa shape index (κ3) is 10.6. The summed E-state index contributed by atoms with van der Waals surface area (Å²) >= 11 is 0. The standard InChI is InChI=1S/C12H15F3N2O2.C5H12N2O2/c1-11(2,3)19-10(18)17(16)9-6-4-8(5-7-9)12(13,14)15;1-5(2,3)9-4(8)7-6/h4-7H,16H2,1-3H3;6H2,1-3H3,(H,7,8). The van der Waals surface area contributed by atoms with Crippen molar-refractivity contribution >= 4 is 17.9 Å². The van der Waals surface area contributed by atoms with Crippen LogP contribution in [0.15, 0.2) is 24.3 Å². The van der Waals surface area contributed by atoms with Gasteiger partial charge in [0, 0.05) is 0 Å². The van der Waals surface area contributed by atoms with E-state index in [9.17, 15) is 22.8 Å². The van der Waals surface area contributed by atoms with Gasteiger partial charge in [-0.1, -0.05) is 0 Å². The smallest absolute Gasteiger partial charge is 0.429 e. The molecule has 1 rings (SSSR count). The van der Waals surface area contributed by atoms with Crippen LogP contribution in [0, 0.1) is 0 Å². The number of benzene rings is 1. The molecule has 2 amide bonds. The van der Waals surface area contributed by atoms with Crippen molar-refractivity contribution in [2.24, 2.45) is 11.7 Å². The summed E-state index contributed by atoms with van der Waals surface area (Å²) in [7, 11) is 0. The van der Waals surface area contributed by atoms with Crippen LogP contribution in [-0.2, 0) is 15.7 Å². The molecule has 0 aromatic heterocycles. The van der Waals surface area contributed by atoms with Crippen molar-refractivity contribution in [3.8, 4) is 0 Å². The van der Waals surface area contributed by atoms with Gasteiger partial charge in [0.15, 0.2) is 0 Å². The Morgan fingerprint density at radius 3 is 1.64 bits per heavy atom. The Morgan fingerprint density at radius 2 is 1.36 bits per heavy atom. The van der Waals surface area contributed by atoms with Gasteiger partial charge in [0.2, 0.25) is 0 Å². The SMILES string of the molecule is CC(C)(C)OC(=O)N(N)c1ccc(C(F)(F)F)cc1.CC(C)(C)OC(=O)NN. The molecule has 0 bridgehead atoms.